The molecule has 5 heteroatoms. The van der Waals surface area contributed by atoms with E-state index in [4.69, 9.17) is 4.52 Å². The molecule has 4 aromatic rings. The fourth-order valence-corrected chi connectivity index (χ4v) is 7.00. The number of rotatable bonds is 7. The van der Waals surface area contributed by atoms with Gasteiger partial charge in [-0.2, -0.15) is 0 Å². The van der Waals surface area contributed by atoms with Gasteiger partial charge in [0.05, 0.1) is 6.16 Å². The first-order chi connectivity index (χ1) is 14.8. The summed E-state index contributed by atoms with van der Waals surface area (Å²) in [6.07, 6.45) is 0.363. The largest absolute Gasteiger partial charge is 0.435 e. The minimum atomic E-state index is -1.20. The van der Waals surface area contributed by atoms with E-state index in [0.717, 1.165) is 10.6 Å². The van der Waals surface area contributed by atoms with E-state index in [0.29, 0.717) is 6.16 Å². The van der Waals surface area contributed by atoms with E-state index in [2.05, 4.69) is 24.3 Å². The molecule has 0 amide bonds. The van der Waals surface area contributed by atoms with E-state index in [1.807, 2.05) is 97.1 Å². The van der Waals surface area contributed by atoms with Crippen LogP contribution in [0, 0.1) is 0 Å². The van der Waals surface area contributed by atoms with E-state index < -0.39 is 16.1 Å². The van der Waals surface area contributed by atoms with Crippen LogP contribution < -0.4 is 21.2 Å². The van der Waals surface area contributed by atoms with Crippen molar-refractivity contribution in [3.63, 3.8) is 0 Å². The van der Waals surface area contributed by atoms with Crippen LogP contribution in [0.25, 0.3) is 0 Å². The molecule has 0 saturated heterocycles. The van der Waals surface area contributed by atoms with Gasteiger partial charge in [-0.3, -0.25) is 4.79 Å². The number of hydrogen-bond donors (Lipinski definition) is 0. The Hall–Kier alpha value is -2.13. The third-order valence-corrected chi connectivity index (χ3v) is 8.94. The van der Waals surface area contributed by atoms with Crippen molar-refractivity contribution >= 4 is 43.3 Å². The maximum absolute atomic E-state index is 13.2. The molecule has 0 aliphatic carbocycles. The summed E-state index contributed by atoms with van der Waals surface area (Å²) in [4.78, 5) is 13.2. The first kappa shape index (κ1) is 23.5. The number of carbonyl (C=O) groups excluding carboxylic acids is 1. The summed E-state index contributed by atoms with van der Waals surface area (Å²) < 4.78 is 6.14. The fraction of sp³-hybridized carbons (Fsp3) is 0.0385. The summed E-state index contributed by atoms with van der Waals surface area (Å²) in [5.74, 6) is -0.160. The van der Waals surface area contributed by atoms with Crippen LogP contribution in [0.5, 0.6) is 0 Å². The molecule has 2 nitrogen and oxygen atoms in total. The van der Waals surface area contributed by atoms with Gasteiger partial charge in [-0.15, -0.1) is 0 Å². The minimum Gasteiger partial charge on any atom is -0.435 e. The molecule has 0 radical (unpaired) electrons. The third kappa shape index (κ3) is 6.43. The van der Waals surface area contributed by atoms with Crippen LogP contribution in [0.4, 0.5) is 0 Å². The molecule has 31 heavy (non-hydrogen) atoms. The molecule has 4 rings (SSSR count). The quantitative estimate of drug-likeness (QED) is 0.254. The van der Waals surface area contributed by atoms with Crippen molar-refractivity contribution in [1.29, 1.82) is 0 Å². The molecule has 0 aliphatic rings. The van der Waals surface area contributed by atoms with Crippen molar-refractivity contribution in [2.45, 2.75) is 0 Å². The van der Waals surface area contributed by atoms with Gasteiger partial charge in [0.2, 0.25) is 0 Å². The Labute approximate surface area is 199 Å². The molecule has 4 aromatic carbocycles. The Morgan fingerprint density at radius 3 is 1.23 bits per heavy atom. The third-order valence-electron chi connectivity index (χ3n) is 4.60. The van der Waals surface area contributed by atoms with Crippen molar-refractivity contribution < 1.29 is 29.7 Å². The Bertz CT molecular complexity index is 896. The SMILES string of the molecule is O=C(CP(c1ccccc1)c1ccccc1)OP(c1ccccc1)c1ccccc1.[Pd]. The number of hydrogen-bond acceptors (Lipinski definition) is 2. The predicted molar refractivity (Wildman–Crippen MR) is 129 cm³/mol. The topological polar surface area (TPSA) is 26.3 Å². The minimum absolute atomic E-state index is 0. The van der Waals surface area contributed by atoms with Crippen LogP contribution in [0.3, 0.4) is 0 Å². The molecule has 0 heterocycles. The van der Waals surface area contributed by atoms with Crippen LogP contribution in [0.15, 0.2) is 121 Å². The van der Waals surface area contributed by atoms with Crippen molar-refractivity contribution in [3.8, 4) is 0 Å². The molecule has 158 valence electrons. The standard InChI is InChI=1S/C26H22O2P2.Pd/c27-26(21-29(22-13-5-1-6-14-22)23-15-7-2-8-16-23)28-30(24-17-9-3-10-18-24)25-19-11-4-12-20-25;/h1-20H,21H2;. The first-order valence-electron chi connectivity index (χ1n) is 9.80. The maximum Gasteiger partial charge on any atom is 0.314 e. The van der Waals surface area contributed by atoms with Gasteiger partial charge < -0.3 is 4.52 Å². The van der Waals surface area contributed by atoms with Gasteiger partial charge in [0.15, 0.2) is 8.15 Å². The normalized spacial score (nSPS) is 10.5. The van der Waals surface area contributed by atoms with Crippen molar-refractivity contribution in [1.82, 2.24) is 0 Å². The number of carbonyl (C=O) groups is 1. The summed E-state index contributed by atoms with van der Waals surface area (Å²) in [6, 6.07) is 40.6. The van der Waals surface area contributed by atoms with Gasteiger partial charge in [0, 0.05) is 31.0 Å². The molecule has 0 N–H and O–H groups in total. The Morgan fingerprint density at radius 1 is 0.548 bits per heavy atom. The van der Waals surface area contributed by atoms with Crippen LogP contribution in [-0.2, 0) is 29.7 Å². The van der Waals surface area contributed by atoms with E-state index in [1.165, 1.54) is 10.6 Å². The van der Waals surface area contributed by atoms with Crippen LogP contribution >= 0.6 is 16.1 Å². The fourth-order valence-electron chi connectivity index (χ4n) is 3.19. The van der Waals surface area contributed by atoms with Crippen LogP contribution in [0.2, 0.25) is 0 Å². The molecule has 0 aliphatic heterocycles. The molecule has 0 bridgehead atoms. The average Bonchev–Trinajstić information content (AvgIpc) is 2.83. The van der Waals surface area contributed by atoms with Crippen LogP contribution in [-0.4, -0.2) is 12.1 Å². The van der Waals surface area contributed by atoms with Gasteiger partial charge in [0.25, 0.3) is 0 Å². The van der Waals surface area contributed by atoms with Gasteiger partial charge in [0.1, 0.15) is 0 Å². The molecule has 0 saturated carbocycles. The van der Waals surface area contributed by atoms with Crippen molar-refractivity contribution in [3.05, 3.63) is 121 Å². The molecular weight excluding hydrogens is 513 g/mol. The molecule has 0 spiro atoms. The zero-order valence-corrected chi connectivity index (χ0v) is 20.1. The zero-order chi connectivity index (χ0) is 20.6. The summed E-state index contributed by atoms with van der Waals surface area (Å²) in [5, 5.41) is 4.44. The molecule has 0 atom stereocenters. The molecular formula is C26H22O2P2Pd. The maximum atomic E-state index is 13.2. The van der Waals surface area contributed by atoms with Gasteiger partial charge in [-0.1, -0.05) is 121 Å². The smallest absolute Gasteiger partial charge is 0.314 e. The monoisotopic (exact) mass is 534 g/mol. The van der Waals surface area contributed by atoms with Gasteiger partial charge in [-0.25, -0.2) is 0 Å². The first-order valence-corrected chi connectivity index (χ1v) is 12.6. The summed E-state index contributed by atoms with van der Waals surface area (Å²) in [5.41, 5.74) is 0. The van der Waals surface area contributed by atoms with E-state index in [1.54, 1.807) is 0 Å². The van der Waals surface area contributed by atoms with Gasteiger partial charge in [-0.05, 0) is 18.5 Å². The van der Waals surface area contributed by atoms with E-state index in [-0.39, 0.29) is 26.4 Å². The van der Waals surface area contributed by atoms with Crippen molar-refractivity contribution in [2.24, 2.45) is 0 Å². The number of benzene rings is 4. The average molecular weight is 535 g/mol. The predicted octanol–water partition coefficient (Wildman–Crippen LogP) is 4.71. The summed E-state index contributed by atoms with van der Waals surface area (Å²) in [6.45, 7) is 0. The second-order valence-corrected chi connectivity index (χ2v) is 10.7. The second kappa shape index (κ2) is 12.0. The second-order valence-electron chi connectivity index (χ2n) is 6.69. The summed E-state index contributed by atoms with van der Waals surface area (Å²) >= 11 is 0. The zero-order valence-electron chi connectivity index (χ0n) is 16.8. The van der Waals surface area contributed by atoms with Gasteiger partial charge >= 0.3 is 5.97 Å². The molecule has 0 fully saturated rings. The Kier molecular flexibility index (Phi) is 9.15. The van der Waals surface area contributed by atoms with Crippen LogP contribution in [0.1, 0.15) is 0 Å². The van der Waals surface area contributed by atoms with E-state index in [9.17, 15) is 4.79 Å². The Balaban J connectivity index is 0.00000272. The van der Waals surface area contributed by atoms with Crippen molar-refractivity contribution in [2.75, 3.05) is 6.16 Å². The van der Waals surface area contributed by atoms with E-state index >= 15 is 0 Å². The summed E-state index contributed by atoms with van der Waals surface area (Å²) in [7, 11) is -2.02. The molecule has 0 aromatic heterocycles. The Morgan fingerprint density at radius 2 is 0.871 bits per heavy atom. The molecule has 0 unspecified atom stereocenters.